The van der Waals surface area contributed by atoms with Crippen LogP contribution in [0, 0.1) is 0 Å². The first kappa shape index (κ1) is 11.9. The SMILES string of the molecule is CCC(OC)c1cc(OC)ccc1OC. The standard InChI is InChI=1S/C12H18O3/c1-5-11(14-3)10-8-9(13-2)6-7-12(10)15-4/h6-8,11H,5H2,1-4H3. The van der Waals surface area contributed by atoms with Gasteiger partial charge in [-0.05, 0) is 24.6 Å². The van der Waals surface area contributed by atoms with Crippen LogP contribution < -0.4 is 9.47 Å². The number of ether oxygens (including phenoxy) is 3. The van der Waals surface area contributed by atoms with Crippen LogP contribution in [0.25, 0.3) is 0 Å². The molecule has 1 unspecified atom stereocenters. The van der Waals surface area contributed by atoms with Crippen LogP contribution in [0.4, 0.5) is 0 Å². The van der Waals surface area contributed by atoms with E-state index in [-0.39, 0.29) is 6.10 Å². The molecule has 0 fully saturated rings. The molecule has 1 aromatic rings. The van der Waals surface area contributed by atoms with Crippen molar-refractivity contribution in [3.63, 3.8) is 0 Å². The van der Waals surface area contributed by atoms with Gasteiger partial charge in [0.05, 0.1) is 20.3 Å². The van der Waals surface area contributed by atoms with Crippen LogP contribution >= 0.6 is 0 Å². The smallest absolute Gasteiger partial charge is 0.124 e. The van der Waals surface area contributed by atoms with Gasteiger partial charge in [0.25, 0.3) is 0 Å². The van der Waals surface area contributed by atoms with Gasteiger partial charge in [-0.2, -0.15) is 0 Å². The zero-order valence-electron chi connectivity index (χ0n) is 9.74. The number of benzene rings is 1. The van der Waals surface area contributed by atoms with Crippen LogP contribution in [0.1, 0.15) is 25.0 Å². The quantitative estimate of drug-likeness (QED) is 0.748. The molecular formula is C12H18O3. The topological polar surface area (TPSA) is 27.7 Å². The number of hydrogen-bond acceptors (Lipinski definition) is 3. The predicted octanol–water partition coefficient (Wildman–Crippen LogP) is 2.80. The number of rotatable bonds is 5. The normalized spacial score (nSPS) is 12.3. The fourth-order valence-corrected chi connectivity index (χ4v) is 1.60. The molecule has 0 N–H and O–H groups in total. The summed E-state index contributed by atoms with van der Waals surface area (Å²) in [5, 5.41) is 0. The highest BCUT2D eigenvalue weighted by Gasteiger charge is 2.14. The first-order valence-electron chi connectivity index (χ1n) is 5.01. The first-order chi connectivity index (χ1) is 7.26. The molecule has 0 saturated carbocycles. The predicted molar refractivity (Wildman–Crippen MR) is 59.6 cm³/mol. The van der Waals surface area contributed by atoms with E-state index in [1.807, 2.05) is 18.2 Å². The molecule has 0 aliphatic carbocycles. The molecule has 15 heavy (non-hydrogen) atoms. The van der Waals surface area contributed by atoms with Gasteiger partial charge in [-0.15, -0.1) is 0 Å². The Hall–Kier alpha value is -1.22. The minimum Gasteiger partial charge on any atom is -0.497 e. The van der Waals surface area contributed by atoms with Crippen LogP contribution in [0.15, 0.2) is 18.2 Å². The lowest BCUT2D eigenvalue weighted by Gasteiger charge is -2.17. The lowest BCUT2D eigenvalue weighted by molar-refractivity contribution is 0.0974. The zero-order chi connectivity index (χ0) is 11.3. The third-order valence-corrected chi connectivity index (χ3v) is 2.44. The summed E-state index contributed by atoms with van der Waals surface area (Å²) in [7, 11) is 5.01. The lowest BCUT2D eigenvalue weighted by Crippen LogP contribution is -2.03. The van der Waals surface area contributed by atoms with Gasteiger partial charge in [-0.3, -0.25) is 0 Å². The second kappa shape index (κ2) is 5.61. The summed E-state index contributed by atoms with van der Waals surface area (Å²) in [5.41, 5.74) is 1.03. The Balaban J connectivity index is 3.09. The molecule has 0 radical (unpaired) electrons. The summed E-state index contributed by atoms with van der Waals surface area (Å²) in [6.45, 7) is 2.08. The molecule has 0 aliphatic rings. The van der Waals surface area contributed by atoms with E-state index in [1.54, 1.807) is 21.3 Å². The Labute approximate surface area is 91.0 Å². The Bertz CT molecular complexity index is 306. The molecule has 3 nitrogen and oxygen atoms in total. The molecule has 1 atom stereocenters. The molecule has 0 bridgehead atoms. The minimum absolute atomic E-state index is 0.0510. The van der Waals surface area contributed by atoms with Crippen LogP contribution in [0.3, 0.4) is 0 Å². The van der Waals surface area contributed by atoms with Crippen LogP contribution in [-0.2, 0) is 4.74 Å². The maximum atomic E-state index is 5.39. The van der Waals surface area contributed by atoms with Crippen LogP contribution in [0.5, 0.6) is 11.5 Å². The van der Waals surface area contributed by atoms with Crippen molar-refractivity contribution in [3.05, 3.63) is 23.8 Å². The zero-order valence-corrected chi connectivity index (χ0v) is 9.74. The van der Waals surface area contributed by atoms with Gasteiger partial charge in [0.15, 0.2) is 0 Å². The Morgan fingerprint density at radius 2 is 1.87 bits per heavy atom. The molecule has 0 amide bonds. The molecule has 0 aliphatic heterocycles. The summed E-state index contributed by atoms with van der Waals surface area (Å²) in [4.78, 5) is 0. The first-order valence-corrected chi connectivity index (χ1v) is 5.01. The van der Waals surface area contributed by atoms with E-state index in [9.17, 15) is 0 Å². The summed E-state index contributed by atoms with van der Waals surface area (Å²) >= 11 is 0. The second-order valence-corrected chi connectivity index (χ2v) is 3.24. The molecule has 3 heteroatoms. The van der Waals surface area contributed by atoms with Gasteiger partial charge in [0, 0.05) is 12.7 Å². The summed E-state index contributed by atoms with van der Waals surface area (Å²) < 4.78 is 15.9. The van der Waals surface area contributed by atoms with E-state index in [2.05, 4.69) is 6.92 Å². The van der Waals surface area contributed by atoms with E-state index >= 15 is 0 Å². The maximum Gasteiger partial charge on any atom is 0.124 e. The second-order valence-electron chi connectivity index (χ2n) is 3.24. The van der Waals surface area contributed by atoms with Gasteiger partial charge in [-0.25, -0.2) is 0 Å². The largest absolute Gasteiger partial charge is 0.497 e. The van der Waals surface area contributed by atoms with Crippen molar-refractivity contribution in [3.8, 4) is 11.5 Å². The molecule has 1 aromatic carbocycles. The maximum absolute atomic E-state index is 5.39. The van der Waals surface area contributed by atoms with Crippen LogP contribution in [0.2, 0.25) is 0 Å². The summed E-state index contributed by atoms with van der Waals surface area (Å²) in [6.07, 6.45) is 0.954. The Morgan fingerprint density at radius 1 is 1.13 bits per heavy atom. The molecule has 0 heterocycles. The number of methoxy groups -OCH3 is 3. The monoisotopic (exact) mass is 210 g/mol. The fraction of sp³-hybridized carbons (Fsp3) is 0.500. The van der Waals surface area contributed by atoms with Gasteiger partial charge in [0.2, 0.25) is 0 Å². The highest BCUT2D eigenvalue weighted by atomic mass is 16.5. The van der Waals surface area contributed by atoms with Crippen molar-refractivity contribution in [1.82, 2.24) is 0 Å². The van der Waals surface area contributed by atoms with Gasteiger partial charge in [-0.1, -0.05) is 6.92 Å². The lowest BCUT2D eigenvalue weighted by atomic mass is 10.1. The highest BCUT2D eigenvalue weighted by Crippen LogP contribution is 2.32. The van der Waals surface area contributed by atoms with E-state index in [1.165, 1.54) is 0 Å². The van der Waals surface area contributed by atoms with Crippen molar-refractivity contribution in [2.24, 2.45) is 0 Å². The van der Waals surface area contributed by atoms with Crippen LogP contribution in [-0.4, -0.2) is 21.3 Å². The third kappa shape index (κ3) is 2.63. The molecular weight excluding hydrogens is 192 g/mol. The Morgan fingerprint density at radius 3 is 2.33 bits per heavy atom. The van der Waals surface area contributed by atoms with Crippen molar-refractivity contribution in [2.45, 2.75) is 19.4 Å². The molecule has 1 rings (SSSR count). The van der Waals surface area contributed by atoms with Gasteiger partial charge < -0.3 is 14.2 Å². The van der Waals surface area contributed by atoms with Crippen molar-refractivity contribution < 1.29 is 14.2 Å². The van der Waals surface area contributed by atoms with Crippen molar-refractivity contribution in [1.29, 1.82) is 0 Å². The average molecular weight is 210 g/mol. The van der Waals surface area contributed by atoms with E-state index < -0.39 is 0 Å². The van der Waals surface area contributed by atoms with E-state index in [0.29, 0.717) is 0 Å². The third-order valence-electron chi connectivity index (χ3n) is 2.44. The highest BCUT2D eigenvalue weighted by molar-refractivity contribution is 5.41. The molecule has 0 saturated heterocycles. The fourth-order valence-electron chi connectivity index (χ4n) is 1.60. The summed E-state index contributed by atoms with van der Waals surface area (Å²) in [6, 6.07) is 5.73. The number of hydrogen-bond donors (Lipinski definition) is 0. The molecule has 84 valence electrons. The minimum atomic E-state index is 0.0510. The van der Waals surface area contributed by atoms with Crippen molar-refractivity contribution >= 4 is 0 Å². The molecule has 0 aromatic heterocycles. The van der Waals surface area contributed by atoms with Gasteiger partial charge in [0.1, 0.15) is 11.5 Å². The summed E-state index contributed by atoms with van der Waals surface area (Å²) in [5.74, 6) is 1.66. The van der Waals surface area contributed by atoms with E-state index in [0.717, 1.165) is 23.5 Å². The average Bonchev–Trinajstić information content (AvgIpc) is 2.30. The van der Waals surface area contributed by atoms with E-state index in [4.69, 9.17) is 14.2 Å². The van der Waals surface area contributed by atoms with Crippen molar-refractivity contribution in [2.75, 3.05) is 21.3 Å². The van der Waals surface area contributed by atoms with Gasteiger partial charge >= 0.3 is 0 Å². The molecule has 0 spiro atoms. The Kier molecular flexibility index (Phi) is 4.43.